The third kappa shape index (κ3) is 4.91. The summed E-state index contributed by atoms with van der Waals surface area (Å²) in [6.07, 6.45) is -1.06. The maximum atomic E-state index is 13.2. The van der Waals surface area contributed by atoms with E-state index >= 15 is 0 Å². The Hall–Kier alpha value is -3.23. The first-order valence-corrected chi connectivity index (χ1v) is 11.9. The summed E-state index contributed by atoms with van der Waals surface area (Å²) in [5.41, 5.74) is 1.39. The summed E-state index contributed by atoms with van der Waals surface area (Å²) in [6, 6.07) is 20.3. The van der Waals surface area contributed by atoms with E-state index in [1.807, 2.05) is 60.9 Å². The molecular formula is C25H18F3NO2S2. The molecule has 1 amide bonds. The van der Waals surface area contributed by atoms with Crippen LogP contribution in [0, 0.1) is 0 Å². The zero-order valence-corrected chi connectivity index (χ0v) is 18.9. The summed E-state index contributed by atoms with van der Waals surface area (Å²) in [6.45, 7) is 0. The average Bonchev–Trinajstić information content (AvgIpc) is 3.14. The average molecular weight is 486 g/mol. The molecule has 1 aromatic heterocycles. The van der Waals surface area contributed by atoms with E-state index < -0.39 is 17.6 Å². The van der Waals surface area contributed by atoms with Crippen LogP contribution in [-0.2, 0) is 6.18 Å². The second-order valence-corrected chi connectivity index (χ2v) is 9.03. The van der Waals surface area contributed by atoms with Crippen molar-refractivity contribution in [3.05, 3.63) is 101 Å². The van der Waals surface area contributed by atoms with Gasteiger partial charge in [-0.2, -0.15) is 13.2 Å². The van der Waals surface area contributed by atoms with Gasteiger partial charge in [-0.05, 0) is 47.7 Å². The van der Waals surface area contributed by atoms with Gasteiger partial charge < -0.3 is 10.4 Å². The van der Waals surface area contributed by atoms with E-state index in [1.54, 1.807) is 11.8 Å². The summed E-state index contributed by atoms with van der Waals surface area (Å²) < 4.78 is 39.9. The molecule has 2 N–H and O–H groups in total. The number of carbonyl (C=O) groups is 1. The van der Waals surface area contributed by atoms with E-state index in [0.717, 1.165) is 45.1 Å². The number of hydrogen-bond donors (Lipinski definition) is 2. The molecule has 0 unspecified atom stereocenters. The van der Waals surface area contributed by atoms with Gasteiger partial charge in [0.05, 0.1) is 5.56 Å². The minimum Gasteiger partial charge on any atom is -0.499 e. The summed E-state index contributed by atoms with van der Waals surface area (Å²) in [5, 5.41) is 12.7. The van der Waals surface area contributed by atoms with Crippen molar-refractivity contribution in [3.63, 3.8) is 0 Å². The lowest BCUT2D eigenvalue weighted by molar-refractivity contribution is -0.137. The topological polar surface area (TPSA) is 49.3 Å². The number of aromatic hydroxyl groups is 1. The van der Waals surface area contributed by atoms with Gasteiger partial charge in [-0.25, -0.2) is 0 Å². The van der Waals surface area contributed by atoms with Crippen molar-refractivity contribution in [2.45, 2.75) is 11.1 Å². The predicted molar refractivity (Wildman–Crippen MR) is 128 cm³/mol. The molecule has 4 rings (SSSR count). The Morgan fingerprint density at radius 2 is 1.67 bits per heavy atom. The van der Waals surface area contributed by atoms with Crippen LogP contribution in [0.5, 0.6) is 5.06 Å². The molecule has 0 bridgehead atoms. The van der Waals surface area contributed by atoms with Crippen molar-refractivity contribution in [2.75, 3.05) is 6.26 Å². The van der Waals surface area contributed by atoms with Gasteiger partial charge in [0.1, 0.15) is 5.56 Å². The number of rotatable bonds is 5. The highest BCUT2D eigenvalue weighted by Crippen LogP contribution is 2.40. The number of hydrogen-bond acceptors (Lipinski definition) is 4. The quantitative estimate of drug-likeness (QED) is 0.295. The zero-order valence-electron chi connectivity index (χ0n) is 17.3. The standard InChI is InChI=1S/C25H18F3NO2S2/c1-32-18-10-7-16(8-11-18)20(15-5-3-2-4-6-15)14-29-23(30)22-19-13-17(25(26,27)28)9-12-21(19)33-24(22)31/h2-14,31H,1H3,(H,29,30). The maximum Gasteiger partial charge on any atom is 0.416 e. The third-order valence-corrected chi connectivity index (χ3v) is 6.77. The Kier molecular flexibility index (Phi) is 6.49. The number of halogens is 3. The Balaban J connectivity index is 1.73. The van der Waals surface area contributed by atoms with Crippen LogP contribution in [0.3, 0.4) is 0 Å². The SMILES string of the molecule is CSc1ccc(C(=CNC(=O)c2c(O)sc3ccc(C(F)(F)F)cc23)c2ccccc2)cc1. The first-order chi connectivity index (χ1) is 15.8. The molecular weight excluding hydrogens is 467 g/mol. The second-order valence-electron chi connectivity index (χ2n) is 7.12. The van der Waals surface area contributed by atoms with Gasteiger partial charge in [0.25, 0.3) is 5.91 Å². The molecule has 0 atom stereocenters. The zero-order chi connectivity index (χ0) is 23.6. The molecule has 1 heterocycles. The first-order valence-electron chi connectivity index (χ1n) is 9.81. The summed E-state index contributed by atoms with van der Waals surface area (Å²) in [4.78, 5) is 14.1. The van der Waals surface area contributed by atoms with Crippen molar-refractivity contribution in [1.29, 1.82) is 0 Å². The fourth-order valence-corrected chi connectivity index (χ4v) is 4.74. The van der Waals surface area contributed by atoms with Crippen LogP contribution in [0.15, 0.2) is 83.9 Å². The number of fused-ring (bicyclic) bond motifs is 1. The van der Waals surface area contributed by atoms with Crippen molar-refractivity contribution in [3.8, 4) is 5.06 Å². The highest BCUT2D eigenvalue weighted by molar-refractivity contribution is 7.98. The minimum absolute atomic E-state index is 0.0591. The van der Waals surface area contributed by atoms with Crippen LogP contribution >= 0.6 is 23.1 Å². The van der Waals surface area contributed by atoms with E-state index in [2.05, 4.69) is 5.32 Å². The molecule has 0 saturated carbocycles. The van der Waals surface area contributed by atoms with Gasteiger partial charge in [-0.1, -0.05) is 53.8 Å². The lowest BCUT2D eigenvalue weighted by atomic mass is 9.99. The number of amides is 1. The van der Waals surface area contributed by atoms with Gasteiger partial charge in [0.15, 0.2) is 5.06 Å². The van der Waals surface area contributed by atoms with Gasteiger partial charge in [0, 0.05) is 26.8 Å². The largest absolute Gasteiger partial charge is 0.499 e. The van der Waals surface area contributed by atoms with E-state index in [-0.39, 0.29) is 16.0 Å². The molecule has 0 aliphatic heterocycles. The summed E-state index contributed by atoms with van der Waals surface area (Å²) in [5.74, 6) is -0.688. The van der Waals surface area contributed by atoms with Crippen molar-refractivity contribution < 1.29 is 23.1 Å². The summed E-state index contributed by atoms with van der Waals surface area (Å²) >= 11 is 2.47. The number of thiophene rings is 1. The summed E-state index contributed by atoms with van der Waals surface area (Å²) in [7, 11) is 0. The van der Waals surface area contributed by atoms with E-state index in [9.17, 15) is 23.1 Å². The molecule has 8 heteroatoms. The highest BCUT2D eigenvalue weighted by atomic mass is 32.2. The smallest absolute Gasteiger partial charge is 0.416 e. The Morgan fingerprint density at radius 1 is 1.00 bits per heavy atom. The maximum absolute atomic E-state index is 13.2. The number of carbonyl (C=O) groups excluding carboxylic acids is 1. The Morgan fingerprint density at radius 3 is 2.30 bits per heavy atom. The molecule has 33 heavy (non-hydrogen) atoms. The van der Waals surface area contributed by atoms with Crippen molar-refractivity contribution in [1.82, 2.24) is 5.32 Å². The Labute approximate surface area is 196 Å². The molecule has 3 aromatic carbocycles. The molecule has 0 aliphatic carbocycles. The second kappa shape index (κ2) is 9.33. The minimum atomic E-state index is -4.55. The van der Waals surface area contributed by atoms with Crippen LogP contribution in [0.25, 0.3) is 15.7 Å². The molecule has 4 aromatic rings. The fourth-order valence-electron chi connectivity index (χ4n) is 3.41. The Bertz CT molecular complexity index is 1330. The molecule has 0 saturated heterocycles. The molecule has 3 nitrogen and oxygen atoms in total. The lowest BCUT2D eigenvalue weighted by Gasteiger charge is -2.10. The van der Waals surface area contributed by atoms with Gasteiger partial charge in [-0.3, -0.25) is 4.79 Å². The van der Waals surface area contributed by atoms with Crippen LogP contribution in [0.4, 0.5) is 13.2 Å². The number of nitrogens with one attached hydrogen (secondary N) is 1. The molecule has 0 aliphatic rings. The number of benzene rings is 3. The van der Waals surface area contributed by atoms with Crippen LogP contribution in [0.2, 0.25) is 0 Å². The van der Waals surface area contributed by atoms with Gasteiger partial charge in [0.2, 0.25) is 0 Å². The van der Waals surface area contributed by atoms with E-state index in [1.165, 1.54) is 12.3 Å². The molecule has 0 radical (unpaired) electrons. The van der Waals surface area contributed by atoms with E-state index in [4.69, 9.17) is 0 Å². The number of thioether (sulfide) groups is 1. The third-order valence-electron chi connectivity index (χ3n) is 5.06. The fraction of sp³-hybridized carbons (Fsp3) is 0.0800. The van der Waals surface area contributed by atoms with Crippen molar-refractivity contribution >= 4 is 44.7 Å². The highest BCUT2D eigenvalue weighted by Gasteiger charge is 2.31. The first kappa shape index (κ1) is 22.9. The monoisotopic (exact) mass is 485 g/mol. The molecule has 168 valence electrons. The normalized spacial score (nSPS) is 12.2. The van der Waals surface area contributed by atoms with Crippen molar-refractivity contribution in [2.24, 2.45) is 0 Å². The van der Waals surface area contributed by atoms with Crippen LogP contribution in [0.1, 0.15) is 27.0 Å². The lowest BCUT2D eigenvalue weighted by Crippen LogP contribution is -2.18. The molecule has 0 spiro atoms. The van der Waals surface area contributed by atoms with E-state index in [0.29, 0.717) is 4.70 Å². The van der Waals surface area contributed by atoms with Crippen LogP contribution in [-0.4, -0.2) is 17.3 Å². The van der Waals surface area contributed by atoms with Crippen LogP contribution < -0.4 is 5.32 Å². The van der Waals surface area contributed by atoms with Gasteiger partial charge >= 0.3 is 6.18 Å². The number of alkyl halides is 3. The molecule has 0 fully saturated rings. The predicted octanol–water partition coefficient (Wildman–Crippen LogP) is 7.17. The van der Waals surface area contributed by atoms with Gasteiger partial charge in [-0.15, -0.1) is 11.8 Å².